The van der Waals surface area contributed by atoms with Crippen LogP contribution >= 0.6 is 15.9 Å². The first-order valence-electron chi connectivity index (χ1n) is 8.48. The molecule has 0 unspecified atom stereocenters. The van der Waals surface area contributed by atoms with Crippen LogP contribution in [0.4, 0.5) is 0 Å². The lowest BCUT2D eigenvalue weighted by molar-refractivity contribution is -0.122. The fourth-order valence-corrected chi connectivity index (χ4v) is 2.83. The Morgan fingerprint density at radius 2 is 1.88 bits per heavy atom. The van der Waals surface area contributed by atoms with E-state index in [0.29, 0.717) is 19.7 Å². The summed E-state index contributed by atoms with van der Waals surface area (Å²) in [4.78, 5) is 14.2. The summed E-state index contributed by atoms with van der Waals surface area (Å²) in [7, 11) is 3.53. The van der Waals surface area contributed by atoms with Gasteiger partial charge in [-0.3, -0.25) is 9.69 Å². The summed E-state index contributed by atoms with van der Waals surface area (Å²) in [6, 6.07) is 15.3. The van der Waals surface area contributed by atoms with Crippen LogP contribution in [0.5, 0.6) is 11.5 Å². The smallest absolute Gasteiger partial charge is 0.234 e. The van der Waals surface area contributed by atoms with Crippen LogP contribution in [0.2, 0.25) is 0 Å². The van der Waals surface area contributed by atoms with Crippen molar-refractivity contribution < 1.29 is 14.3 Å². The Morgan fingerprint density at radius 1 is 1.19 bits per heavy atom. The minimum Gasteiger partial charge on any atom is -0.496 e. The predicted molar refractivity (Wildman–Crippen MR) is 107 cm³/mol. The summed E-state index contributed by atoms with van der Waals surface area (Å²) >= 11 is 3.39. The van der Waals surface area contributed by atoms with Crippen LogP contribution in [-0.2, 0) is 4.79 Å². The normalized spacial score (nSPS) is 11.9. The van der Waals surface area contributed by atoms with E-state index in [1.54, 1.807) is 7.11 Å². The number of nitrogens with one attached hydrogen (secondary N) is 1. The van der Waals surface area contributed by atoms with E-state index in [4.69, 9.17) is 9.47 Å². The fourth-order valence-electron chi connectivity index (χ4n) is 2.56. The second kappa shape index (κ2) is 10.2. The summed E-state index contributed by atoms with van der Waals surface area (Å²) in [6.07, 6.45) is 0. The topological polar surface area (TPSA) is 50.8 Å². The number of methoxy groups -OCH3 is 1. The summed E-state index contributed by atoms with van der Waals surface area (Å²) in [5, 5.41) is 3.01. The number of amides is 1. The molecule has 0 radical (unpaired) electrons. The monoisotopic (exact) mass is 420 g/mol. The van der Waals surface area contributed by atoms with Crippen LogP contribution in [0.15, 0.2) is 53.0 Å². The van der Waals surface area contributed by atoms with Crippen LogP contribution in [0, 0.1) is 0 Å². The molecule has 0 aromatic heterocycles. The molecule has 0 bridgehead atoms. The van der Waals surface area contributed by atoms with E-state index in [1.807, 2.05) is 67.4 Å². The number of ether oxygens (including phenoxy) is 2. The zero-order valence-electron chi connectivity index (χ0n) is 15.4. The number of carbonyl (C=O) groups excluding carboxylic acids is 1. The van der Waals surface area contributed by atoms with E-state index in [0.717, 1.165) is 21.5 Å². The van der Waals surface area contributed by atoms with Gasteiger partial charge in [-0.15, -0.1) is 0 Å². The van der Waals surface area contributed by atoms with Crippen LogP contribution in [-0.4, -0.2) is 44.7 Å². The van der Waals surface area contributed by atoms with Gasteiger partial charge in [0.15, 0.2) is 0 Å². The minimum absolute atomic E-state index is 0.0328. The first-order chi connectivity index (χ1) is 12.5. The quantitative estimate of drug-likeness (QED) is 0.672. The van der Waals surface area contributed by atoms with Gasteiger partial charge in [-0.1, -0.05) is 34.1 Å². The highest BCUT2D eigenvalue weighted by atomic mass is 79.9. The Kier molecular flexibility index (Phi) is 7.94. The molecule has 0 saturated heterocycles. The van der Waals surface area contributed by atoms with Gasteiger partial charge < -0.3 is 14.8 Å². The van der Waals surface area contributed by atoms with Gasteiger partial charge in [0.25, 0.3) is 0 Å². The lowest BCUT2D eigenvalue weighted by Crippen LogP contribution is -2.38. The maximum atomic E-state index is 12.3. The second-order valence-corrected chi connectivity index (χ2v) is 6.99. The zero-order chi connectivity index (χ0) is 18.9. The molecule has 1 amide bonds. The van der Waals surface area contributed by atoms with Gasteiger partial charge in [-0.2, -0.15) is 0 Å². The van der Waals surface area contributed by atoms with Crippen molar-refractivity contribution in [3.05, 3.63) is 58.6 Å². The Hall–Kier alpha value is -2.05. The van der Waals surface area contributed by atoms with Gasteiger partial charge in [-0.05, 0) is 44.3 Å². The van der Waals surface area contributed by atoms with Gasteiger partial charge in [0, 0.05) is 16.6 Å². The highest BCUT2D eigenvalue weighted by molar-refractivity contribution is 9.10. The highest BCUT2D eigenvalue weighted by Gasteiger charge is 2.14. The Morgan fingerprint density at radius 3 is 2.58 bits per heavy atom. The van der Waals surface area contributed by atoms with Crippen molar-refractivity contribution in [1.29, 1.82) is 0 Å². The summed E-state index contributed by atoms with van der Waals surface area (Å²) in [6.45, 7) is 3.44. The SMILES string of the molecule is COc1ccccc1[C@H](C)NC(=O)CN(C)CCOc1ccc(Br)cc1. The van der Waals surface area contributed by atoms with E-state index in [-0.39, 0.29) is 11.9 Å². The molecule has 6 heteroatoms. The van der Waals surface area contributed by atoms with Gasteiger partial charge in [0.1, 0.15) is 18.1 Å². The average Bonchev–Trinajstić information content (AvgIpc) is 2.63. The molecule has 2 rings (SSSR count). The minimum atomic E-state index is -0.119. The van der Waals surface area contributed by atoms with E-state index in [1.165, 1.54) is 0 Å². The molecule has 2 aromatic rings. The molecule has 26 heavy (non-hydrogen) atoms. The molecule has 0 spiro atoms. The van der Waals surface area contributed by atoms with Gasteiger partial charge >= 0.3 is 0 Å². The fraction of sp³-hybridized carbons (Fsp3) is 0.350. The van der Waals surface area contributed by atoms with Crippen molar-refractivity contribution in [3.63, 3.8) is 0 Å². The third-order valence-electron chi connectivity index (χ3n) is 3.95. The maximum Gasteiger partial charge on any atom is 0.234 e. The Balaban J connectivity index is 1.75. The summed E-state index contributed by atoms with van der Waals surface area (Å²) in [5.41, 5.74) is 0.963. The number of carbonyl (C=O) groups is 1. The maximum absolute atomic E-state index is 12.3. The molecule has 1 atom stereocenters. The first kappa shape index (κ1) is 20.3. The summed E-state index contributed by atoms with van der Waals surface area (Å²) < 4.78 is 12.1. The second-order valence-electron chi connectivity index (χ2n) is 6.07. The van der Waals surface area contributed by atoms with Crippen molar-refractivity contribution in [1.82, 2.24) is 10.2 Å². The summed E-state index contributed by atoms with van der Waals surface area (Å²) in [5.74, 6) is 1.56. The molecule has 0 heterocycles. The number of hydrogen-bond acceptors (Lipinski definition) is 4. The Bertz CT molecular complexity index is 706. The number of rotatable bonds is 9. The van der Waals surface area contributed by atoms with Crippen molar-refractivity contribution in [2.45, 2.75) is 13.0 Å². The molecular weight excluding hydrogens is 396 g/mol. The predicted octanol–water partition coefficient (Wildman–Crippen LogP) is 3.65. The molecule has 2 aromatic carbocycles. The Labute approximate surface area is 163 Å². The van der Waals surface area contributed by atoms with Crippen LogP contribution < -0.4 is 14.8 Å². The van der Waals surface area contributed by atoms with Crippen molar-refractivity contribution >= 4 is 21.8 Å². The first-order valence-corrected chi connectivity index (χ1v) is 9.28. The molecule has 0 aliphatic carbocycles. The molecule has 0 saturated carbocycles. The zero-order valence-corrected chi connectivity index (χ0v) is 17.0. The lowest BCUT2D eigenvalue weighted by Gasteiger charge is -2.20. The van der Waals surface area contributed by atoms with Crippen molar-refractivity contribution in [2.24, 2.45) is 0 Å². The van der Waals surface area contributed by atoms with Crippen molar-refractivity contribution in [2.75, 3.05) is 33.9 Å². The number of likely N-dealkylation sites (N-methyl/N-ethyl adjacent to an activating group) is 1. The third-order valence-corrected chi connectivity index (χ3v) is 4.48. The number of para-hydroxylation sites is 1. The molecule has 140 valence electrons. The van der Waals surface area contributed by atoms with E-state index < -0.39 is 0 Å². The van der Waals surface area contributed by atoms with Gasteiger partial charge in [-0.25, -0.2) is 0 Å². The molecule has 1 N–H and O–H groups in total. The van der Waals surface area contributed by atoms with Gasteiger partial charge in [0.2, 0.25) is 5.91 Å². The third kappa shape index (κ3) is 6.35. The highest BCUT2D eigenvalue weighted by Crippen LogP contribution is 2.24. The molecule has 0 aliphatic heterocycles. The molecule has 0 aliphatic rings. The van der Waals surface area contributed by atoms with E-state index in [2.05, 4.69) is 21.2 Å². The number of halogens is 1. The van der Waals surface area contributed by atoms with Crippen LogP contribution in [0.1, 0.15) is 18.5 Å². The van der Waals surface area contributed by atoms with E-state index >= 15 is 0 Å². The molecule has 0 fully saturated rings. The lowest BCUT2D eigenvalue weighted by atomic mass is 10.1. The number of benzene rings is 2. The largest absolute Gasteiger partial charge is 0.496 e. The van der Waals surface area contributed by atoms with E-state index in [9.17, 15) is 4.79 Å². The standard InChI is InChI=1S/C20H25BrN2O3/c1-15(18-6-4-5-7-19(18)25-3)22-20(24)14-23(2)12-13-26-17-10-8-16(21)9-11-17/h4-11,15H,12-14H2,1-3H3,(H,22,24)/t15-/m0/s1. The van der Waals surface area contributed by atoms with Crippen molar-refractivity contribution in [3.8, 4) is 11.5 Å². The molecule has 5 nitrogen and oxygen atoms in total. The number of nitrogens with zero attached hydrogens (tertiary/aromatic N) is 1. The number of hydrogen-bond donors (Lipinski definition) is 1. The van der Waals surface area contributed by atoms with Crippen LogP contribution in [0.3, 0.4) is 0 Å². The average molecular weight is 421 g/mol. The van der Waals surface area contributed by atoms with Crippen LogP contribution in [0.25, 0.3) is 0 Å². The molecular formula is C20H25BrN2O3. The van der Waals surface area contributed by atoms with Gasteiger partial charge in [0.05, 0.1) is 19.7 Å².